The summed E-state index contributed by atoms with van der Waals surface area (Å²) in [4.78, 5) is 11.6. The molecule has 0 aliphatic rings. The van der Waals surface area contributed by atoms with Crippen molar-refractivity contribution in [3.8, 4) is 0 Å². The molecular formula is C15H17F2N3O3S2. The average molecular weight is 389 g/mol. The summed E-state index contributed by atoms with van der Waals surface area (Å²) in [6.07, 6.45) is 1.83. The number of hydrogen-bond donors (Lipinski definition) is 1. The van der Waals surface area contributed by atoms with Crippen LogP contribution in [0.3, 0.4) is 0 Å². The molecule has 0 bridgehead atoms. The Hall–Kier alpha value is -1.94. The van der Waals surface area contributed by atoms with Gasteiger partial charge in [-0.1, -0.05) is 25.2 Å². The maximum absolute atomic E-state index is 12.5. The highest BCUT2D eigenvalue weighted by molar-refractivity contribution is 7.91. The van der Waals surface area contributed by atoms with Crippen LogP contribution in [0.15, 0.2) is 29.2 Å². The number of rotatable bonds is 7. The summed E-state index contributed by atoms with van der Waals surface area (Å²) < 4.78 is 47.7. The van der Waals surface area contributed by atoms with Crippen LogP contribution in [-0.2, 0) is 9.84 Å². The zero-order valence-corrected chi connectivity index (χ0v) is 15.2. The second-order valence-electron chi connectivity index (χ2n) is 5.24. The van der Waals surface area contributed by atoms with Crippen molar-refractivity contribution in [2.24, 2.45) is 0 Å². The normalized spacial score (nSPS) is 11.9. The van der Waals surface area contributed by atoms with Crippen molar-refractivity contribution in [3.05, 3.63) is 34.8 Å². The van der Waals surface area contributed by atoms with Crippen molar-refractivity contribution in [3.63, 3.8) is 0 Å². The minimum Gasteiger partial charge on any atom is -0.296 e. The number of alkyl halides is 2. The number of nitrogens with one attached hydrogen (secondary N) is 1. The Balaban J connectivity index is 2.12. The van der Waals surface area contributed by atoms with Crippen LogP contribution in [0.25, 0.3) is 0 Å². The zero-order chi connectivity index (χ0) is 18.6. The van der Waals surface area contributed by atoms with Gasteiger partial charge < -0.3 is 0 Å². The summed E-state index contributed by atoms with van der Waals surface area (Å²) in [5.41, 5.74) is 0.132. The number of nitrogens with zero attached hydrogens (tertiary/aromatic N) is 2. The van der Waals surface area contributed by atoms with Crippen molar-refractivity contribution in [2.75, 3.05) is 5.32 Å². The SMILES string of the molecule is CCC(CC)c1nnc(NC(=O)c2ccc(S(=O)(=O)C(F)F)cc2)s1. The molecule has 136 valence electrons. The Bertz CT molecular complexity index is 832. The third kappa shape index (κ3) is 4.37. The number of amides is 1. The predicted molar refractivity (Wildman–Crippen MR) is 90.8 cm³/mol. The van der Waals surface area contributed by atoms with Gasteiger partial charge in [0.05, 0.1) is 4.90 Å². The minimum absolute atomic E-state index is 0.132. The quantitative estimate of drug-likeness (QED) is 0.780. The van der Waals surface area contributed by atoms with Gasteiger partial charge in [0, 0.05) is 11.5 Å². The van der Waals surface area contributed by atoms with Crippen LogP contribution in [0.1, 0.15) is 48.0 Å². The Morgan fingerprint density at radius 2 is 1.76 bits per heavy atom. The van der Waals surface area contributed by atoms with Crippen LogP contribution in [0.2, 0.25) is 0 Å². The molecule has 0 aliphatic carbocycles. The van der Waals surface area contributed by atoms with Crippen molar-refractivity contribution < 1.29 is 22.0 Å². The van der Waals surface area contributed by atoms with Crippen LogP contribution in [-0.4, -0.2) is 30.3 Å². The highest BCUT2D eigenvalue weighted by atomic mass is 32.2. The molecule has 0 unspecified atom stereocenters. The fourth-order valence-electron chi connectivity index (χ4n) is 2.16. The first-order valence-electron chi connectivity index (χ1n) is 7.56. The Labute approximate surface area is 148 Å². The molecule has 1 N–H and O–H groups in total. The van der Waals surface area contributed by atoms with Gasteiger partial charge in [0.25, 0.3) is 5.91 Å². The zero-order valence-electron chi connectivity index (χ0n) is 13.6. The second-order valence-corrected chi connectivity index (χ2v) is 8.17. The molecule has 10 heteroatoms. The van der Waals surface area contributed by atoms with Crippen LogP contribution in [0.4, 0.5) is 13.9 Å². The van der Waals surface area contributed by atoms with E-state index in [0.717, 1.165) is 30.0 Å². The first-order chi connectivity index (χ1) is 11.8. The van der Waals surface area contributed by atoms with Crippen LogP contribution in [0.5, 0.6) is 0 Å². The van der Waals surface area contributed by atoms with Gasteiger partial charge in [-0.2, -0.15) is 8.78 Å². The van der Waals surface area contributed by atoms with E-state index in [2.05, 4.69) is 15.5 Å². The molecule has 0 radical (unpaired) electrons. The Morgan fingerprint density at radius 1 is 1.16 bits per heavy atom. The van der Waals surface area contributed by atoms with E-state index in [-0.39, 0.29) is 11.5 Å². The molecule has 1 aromatic heterocycles. The molecule has 0 aliphatic heterocycles. The number of sulfone groups is 1. The second kappa shape index (κ2) is 7.96. The van der Waals surface area contributed by atoms with Crippen molar-refractivity contribution >= 4 is 32.2 Å². The van der Waals surface area contributed by atoms with E-state index in [9.17, 15) is 22.0 Å². The molecule has 0 spiro atoms. The molecular weight excluding hydrogens is 372 g/mol. The Kier molecular flexibility index (Phi) is 6.17. The molecule has 6 nitrogen and oxygen atoms in total. The van der Waals surface area contributed by atoms with Crippen LogP contribution in [0, 0.1) is 0 Å². The van der Waals surface area contributed by atoms with Gasteiger partial charge in [-0.25, -0.2) is 8.42 Å². The average Bonchev–Trinajstić information content (AvgIpc) is 3.04. The van der Waals surface area contributed by atoms with Crippen LogP contribution < -0.4 is 5.32 Å². The highest BCUT2D eigenvalue weighted by Crippen LogP contribution is 2.28. The van der Waals surface area contributed by atoms with E-state index < -0.39 is 26.4 Å². The molecule has 2 rings (SSSR count). The molecule has 2 aromatic rings. The van der Waals surface area contributed by atoms with Gasteiger partial charge in [0.1, 0.15) is 5.01 Å². The number of carbonyl (C=O) groups is 1. The van der Waals surface area contributed by atoms with Crippen molar-refractivity contribution in [1.29, 1.82) is 0 Å². The first-order valence-corrected chi connectivity index (χ1v) is 9.92. The van der Waals surface area contributed by atoms with Gasteiger partial charge in [0.15, 0.2) is 0 Å². The van der Waals surface area contributed by atoms with E-state index in [1.54, 1.807) is 0 Å². The minimum atomic E-state index is -4.68. The van der Waals surface area contributed by atoms with Gasteiger partial charge >= 0.3 is 5.76 Å². The summed E-state index contributed by atoms with van der Waals surface area (Å²) >= 11 is 1.28. The monoisotopic (exact) mass is 389 g/mol. The largest absolute Gasteiger partial charge is 0.341 e. The highest BCUT2D eigenvalue weighted by Gasteiger charge is 2.26. The van der Waals surface area contributed by atoms with E-state index in [1.165, 1.54) is 23.5 Å². The topological polar surface area (TPSA) is 89.0 Å². The fraction of sp³-hybridized carbons (Fsp3) is 0.400. The number of hydrogen-bond acceptors (Lipinski definition) is 6. The van der Waals surface area contributed by atoms with Crippen molar-refractivity contribution in [2.45, 2.75) is 43.3 Å². The Morgan fingerprint density at radius 3 is 2.28 bits per heavy atom. The maximum atomic E-state index is 12.5. The summed E-state index contributed by atoms with van der Waals surface area (Å²) in [5.74, 6) is -3.74. The third-order valence-electron chi connectivity index (χ3n) is 3.68. The summed E-state index contributed by atoms with van der Waals surface area (Å²) in [6.45, 7) is 4.09. The maximum Gasteiger partial charge on any atom is 0.341 e. The summed E-state index contributed by atoms with van der Waals surface area (Å²) in [7, 11) is -4.68. The lowest BCUT2D eigenvalue weighted by Crippen LogP contribution is -2.14. The van der Waals surface area contributed by atoms with E-state index in [0.29, 0.717) is 5.13 Å². The molecule has 1 aromatic carbocycles. The van der Waals surface area contributed by atoms with Gasteiger partial charge in [-0.15, -0.1) is 10.2 Å². The van der Waals surface area contributed by atoms with E-state index in [1.807, 2.05) is 13.8 Å². The number of halogens is 2. The molecule has 25 heavy (non-hydrogen) atoms. The third-order valence-corrected chi connectivity index (χ3v) is 6.08. The van der Waals surface area contributed by atoms with E-state index in [4.69, 9.17) is 0 Å². The molecule has 0 saturated carbocycles. The first kappa shape index (κ1) is 19.4. The number of anilines is 1. The molecule has 0 fully saturated rings. The van der Waals surface area contributed by atoms with Gasteiger partial charge in [-0.05, 0) is 37.1 Å². The van der Waals surface area contributed by atoms with Gasteiger partial charge in [-0.3, -0.25) is 10.1 Å². The summed E-state index contributed by atoms with van der Waals surface area (Å²) in [6, 6.07) is 4.30. The lowest BCUT2D eigenvalue weighted by molar-refractivity contribution is 0.102. The standard InChI is InChI=1S/C15H17F2N3O3S2/c1-3-9(4-2)13-19-20-15(24-13)18-12(21)10-5-7-11(8-6-10)25(22,23)14(16)17/h5-9,14H,3-4H2,1-2H3,(H,18,20,21). The number of benzene rings is 1. The molecule has 1 heterocycles. The van der Waals surface area contributed by atoms with Crippen molar-refractivity contribution in [1.82, 2.24) is 10.2 Å². The molecule has 0 saturated heterocycles. The fourth-order valence-corrected chi connectivity index (χ4v) is 3.88. The lowest BCUT2D eigenvalue weighted by atomic mass is 10.1. The predicted octanol–water partition coefficient (Wildman–Crippen LogP) is 3.69. The van der Waals surface area contributed by atoms with Gasteiger partial charge in [0.2, 0.25) is 15.0 Å². The summed E-state index contributed by atoms with van der Waals surface area (Å²) in [5, 5.41) is 11.7. The number of carbonyl (C=O) groups excluding carboxylic acids is 1. The van der Waals surface area contributed by atoms with Crippen LogP contribution >= 0.6 is 11.3 Å². The van der Waals surface area contributed by atoms with E-state index >= 15 is 0 Å². The smallest absolute Gasteiger partial charge is 0.296 e. The molecule has 0 atom stereocenters. The lowest BCUT2D eigenvalue weighted by Gasteiger charge is -2.06. The molecule has 1 amide bonds. The number of aromatic nitrogens is 2.